The van der Waals surface area contributed by atoms with Gasteiger partial charge in [-0.2, -0.15) is 0 Å². The fourth-order valence-corrected chi connectivity index (χ4v) is 2.74. The molecule has 0 unspecified atom stereocenters. The molecule has 0 aliphatic heterocycles. The molecule has 0 amide bonds. The van der Waals surface area contributed by atoms with E-state index in [0.29, 0.717) is 15.6 Å². The fraction of sp³-hybridized carbons (Fsp3) is 0.214. The van der Waals surface area contributed by atoms with Gasteiger partial charge in [-0.1, -0.05) is 23.4 Å². The molecule has 1 heterocycles. The number of hydrogen-bond acceptors (Lipinski definition) is 4. The molecule has 0 spiro atoms. The van der Waals surface area contributed by atoms with Crippen LogP contribution in [0.15, 0.2) is 44.9 Å². The number of aromatic nitrogens is 2. The molecule has 0 saturated carbocycles. The molecular weight excluding hydrogens is 312 g/mol. The Hall–Kier alpha value is -1.79. The molecule has 1 aromatic carbocycles. The molecule has 5 nitrogen and oxygen atoms in total. The van der Waals surface area contributed by atoms with E-state index in [9.17, 15) is 14.4 Å². The van der Waals surface area contributed by atoms with E-state index in [1.165, 1.54) is 17.7 Å². The lowest BCUT2D eigenvalue weighted by molar-refractivity contribution is 0.102. The van der Waals surface area contributed by atoms with Crippen LogP contribution in [0.25, 0.3) is 0 Å². The first-order valence-corrected chi connectivity index (χ1v) is 7.45. The SMILES string of the molecule is Cn1c(SCC(=O)c2ccc(Cl)cc2)cc(=O)n(C)c1=O. The minimum atomic E-state index is -0.413. The van der Waals surface area contributed by atoms with Crippen molar-refractivity contribution in [1.29, 1.82) is 0 Å². The van der Waals surface area contributed by atoms with Crippen molar-refractivity contribution in [2.24, 2.45) is 14.1 Å². The maximum Gasteiger partial charge on any atom is 0.331 e. The molecule has 21 heavy (non-hydrogen) atoms. The Morgan fingerprint density at radius 2 is 1.76 bits per heavy atom. The first kappa shape index (κ1) is 15.6. The van der Waals surface area contributed by atoms with E-state index >= 15 is 0 Å². The van der Waals surface area contributed by atoms with Gasteiger partial charge in [-0.3, -0.25) is 18.7 Å². The van der Waals surface area contributed by atoms with Gasteiger partial charge >= 0.3 is 5.69 Å². The fourth-order valence-electron chi connectivity index (χ4n) is 1.71. The van der Waals surface area contributed by atoms with Gasteiger partial charge in [0.25, 0.3) is 5.56 Å². The average molecular weight is 325 g/mol. The summed E-state index contributed by atoms with van der Waals surface area (Å²) < 4.78 is 2.37. The predicted molar refractivity (Wildman–Crippen MR) is 83.4 cm³/mol. The molecule has 0 saturated heterocycles. The summed E-state index contributed by atoms with van der Waals surface area (Å²) in [5, 5.41) is 1.03. The van der Waals surface area contributed by atoms with Crippen molar-refractivity contribution in [3.05, 3.63) is 61.8 Å². The van der Waals surface area contributed by atoms with Gasteiger partial charge in [-0.15, -0.1) is 0 Å². The van der Waals surface area contributed by atoms with E-state index in [0.717, 1.165) is 16.3 Å². The van der Waals surface area contributed by atoms with Gasteiger partial charge < -0.3 is 0 Å². The zero-order chi connectivity index (χ0) is 15.6. The molecule has 110 valence electrons. The largest absolute Gasteiger partial charge is 0.331 e. The summed E-state index contributed by atoms with van der Waals surface area (Å²) in [5.41, 5.74) is -0.260. The third-order valence-corrected chi connectivity index (χ3v) is 4.35. The van der Waals surface area contributed by atoms with Gasteiger partial charge in [-0.25, -0.2) is 4.79 Å². The number of halogens is 1. The Morgan fingerprint density at radius 1 is 1.14 bits per heavy atom. The Balaban J connectivity index is 2.17. The molecule has 0 aliphatic rings. The number of nitrogens with zero attached hydrogens (tertiary/aromatic N) is 2. The summed E-state index contributed by atoms with van der Waals surface area (Å²) in [6.07, 6.45) is 0. The van der Waals surface area contributed by atoms with Gasteiger partial charge in [-0.05, 0) is 24.3 Å². The van der Waals surface area contributed by atoms with Crippen LogP contribution in [0.5, 0.6) is 0 Å². The summed E-state index contributed by atoms with van der Waals surface area (Å²) in [4.78, 5) is 35.4. The smallest absolute Gasteiger partial charge is 0.293 e. The number of thioether (sulfide) groups is 1. The van der Waals surface area contributed by atoms with Crippen LogP contribution in [0.4, 0.5) is 0 Å². The maximum absolute atomic E-state index is 12.0. The Bertz CT molecular complexity index is 793. The standard InChI is InChI=1S/C14H13ClN2O3S/c1-16-12(19)7-13(17(2)14(16)20)21-8-11(18)9-3-5-10(15)6-4-9/h3-7H,8H2,1-2H3. The number of Topliss-reactive ketones (excluding diaryl/α,β-unsaturated/α-hetero) is 1. The normalized spacial score (nSPS) is 10.6. The van der Waals surface area contributed by atoms with Gasteiger partial charge in [0, 0.05) is 30.7 Å². The summed E-state index contributed by atoms with van der Waals surface area (Å²) in [7, 11) is 2.98. The minimum absolute atomic E-state index is 0.0928. The minimum Gasteiger partial charge on any atom is -0.293 e. The first-order chi connectivity index (χ1) is 9.90. The maximum atomic E-state index is 12.0. The molecule has 0 atom stereocenters. The molecule has 7 heteroatoms. The molecule has 2 rings (SSSR count). The lowest BCUT2D eigenvalue weighted by Crippen LogP contribution is -2.37. The molecular formula is C14H13ClN2O3S. The number of rotatable bonds is 4. The number of hydrogen-bond donors (Lipinski definition) is 0. The van der Waals surface area contributed by atoms with Crippen molar-refractivity contribution in [3.8, 4) is 0 Å². The summed E-state index contributed by atoms with van der Waals surface area (Å²) in [6, 6.07) is 7.94. The Labute approximate surface area is 130 Å². The second-order valence-corrected chi connectivity index (χ2v) is 5.87. The first-order valence-electron chi connectivity index (χ1n) is 6.09. The molecule has 0 aliphatic carbocycles. The van der Waals surface area contributed by atoms with Crippen molar-refractivity contribution >= 4 is 29.1 Å². The van der Waals surface area contributed by atoms with Crippen LogP contribution in [0, 0.1) is 0 Å². The van der Waals surface area contributed by atoms with E-state index in [4.69, 9.17) is 11.6 Å². The van der Waals surface area contributed by atoms with Crippen molar-refractivity contribution in [2.45, 2.75) is 5.03 Å². The zero-order valence-electron chi connectivity index (χ0n) is 11.5. The summed E-state index contributed by atoms with van der Waals surface area (Å²) in [6.45, 7) is 0. The van der Waals surface area contributed by atoms with Crippen LogP contribution in [-0.2, 0) is 14.1 Å². The van der Waals surface area contributed by atoms with Crippen LogP contribution in [0.2, 0.25) is 5.02 Å². The van der Waals surface area contributed by atoms with Crippen molar-refractivity contribution in [3.63, 3.8) is 0 Å². The molecule has 0 N–H and O–H groups in total. The van der Waals surface area contributed by atoms with Gasteiger partial charge in [0.05, 0.1) is 10.8 Å². The van der Waals surface area contributed by atoms with Crippen molar-refractivity contribution < 1.29 is 4.79 Å². The lowest BCUT2D eigenvalue weighted by atomic mass is 10.1. The van der Waals surface area contributed by atoms with Crippen LogP contribution >= 0.6 is 23.4 Å². The highest BCUT2D eigenvalue weighted by Gasteiger charge is 2.10. The Kier molecular flexibility index (Phi) is 4.69. The zero-order valence-corrected chi connectivity index (χ0v) is 13.1. The molecule has 0 radical (unpaired) electrons. The quantitative estimate of drug-likeness (QED) is 0.488. The number of carbonyl (C=O) groups excluding carboxylic acids is 1. The highest BCUT2D eigenvalue weighted by molar-refractivity contribution is 7.99. The third-order valence-electron chi connectivity index (χ3n) is 3.00. The van der Waals surface area contributed by atoms with Crippen LogP contribution < -0.4 is 11.2 Å². The summed E-state index contributed by atoms with van der Waals surface area (Å²) >= 11 is 6.93. The average Bonchev–Trinajstić information content (AvgIpc) is 2.48. The highest BCUT2D eigenvalue weighted by atomic mass is 35.5. The van der Waals surface area contributed by atoms with E-state index in [1.54, 1.807) is 31.3 Å². The predicted octanol–water partition coefficient (Wildman–Crippen LogP) is 1.71. The van der Waals surface area contributed by atoms with Gasteiger partial charge in [0.2, 0.25) is 0 Å². The van der Waals surface area contributed by atoms with Gasteiger partial charge in [0.15, 0.2) is 5.78 Å². The van der Waals surface area contributed by atoms with Crippen LogP contribution in [0.1, 0.15) is 10.4 Å². The topological polar surface area (TPSA) is 61.1 Å². The number of carbonyl (C=O) groups is 1. The Morgan fingerprint density at radius 3 is 2.38 bits per heavy atom. The third kappa shape index (κ3) is 3.46. The van der Waals surface area contributed by atoms with Crippen molar-refractivity contribution in [1.82, 2.24) is 9.13 Å². The van der Waals surface area contributed by atoms with Gasteiger partial charge in [0.1, 0.15) is 0 Å². The van der Waals surface area contributed by atoms with E-state index in [1.807, 2.05) is 0 Å². The van der Waals surface area contributed by atoms with Crippen LogP contribution in [0.3, 0.4) is 0 Å². The van der Waals surface area contributed by atoms with E-state index < -0.39 is 5.69 Å². The molecule has 0 bridgehead atoms. The van der Waals surface area contributed by atoms with Crippen molar-refractivity contribution in [2.75, 3.05) is 5.75 Å². The highest BCUT2D eigenvalue weighted by Crippen LogP contribution is 2.17. The lowest BCUT2D eigenvalue weighted by Gasteiger charge is -2.08. The molecule has 1 aromatic heterocycles. The second-order valence-electron chi connectivity index (χ2n) is 4.44. The van der Waals surface area contributed by atoms with Crippen LogP contribution in [-0.4, -0.2) is 20.7 Å². The second kappa shape index (κ2) is 6.32. The monoisotopic (exact) mass is 324 g/mol. The summed E-state index contributed by atoms with van der Waals surface area (Å²) in [5.74, 6) is 0.0482. The number of benzene rings is 1. The van der Waals surface area contributed by atoms with E-state index in [-0.39, 0.29) is 17.1 Å². The number of ketones is 1. The molecule has 0 fully saturated rings. The van der Waals surface area contributed by atoms with E-state index in [2.05, 4.69) is 0 Å². The molecule has 2 aromatic rings.